The Morgan fingerprint density at radius 3 is 1.73 bits per heavy atom. The van der Waals surface area contributed by atoms with Crippen molar-refractivity contribution in [1.29, 1.82) is 0 Å². The van der Waals surface area contributed by atoms with Gasteiger partial charge in [0.25, 0.3) is 24.7 Å². The van der Waals surface area contributed by atoms with Crippen molar-refractivity contribution in [2.24, 2.45) is 17.6 Å². The molecule has 7 N–H and O–H groups in total. The number of aromatic nitrogens is 10. The van der Waals surface area contributed by atoms with E-state index < -0.39 is 36.1 Å². The fourth-order valence-electron chi connectivity index (χ4n) is 8.46. The van der Waals surface area contributed by atoms with Crippen LogP contribution in [0, 0.1) is 11.8 Å². The van der Waals surface area contributed by atoms with Crippen molar-refractivity contribution < 1.29 is 46.5 Å². The number of rotatable bonds is 13. The summed E-state index contributed by atoms with van der Waals surface area (Å²) in [6.45, 7) is 8.86. The van der Waals surface area contributed by atoms with Crippen LogP contribution >= 0.6 is 0 Å². The number of nitrogens with zero attached hydrogens (tertiary/aromatic N) is 11. The highest BCUT2D eigenvalue weighted by atomic mass is 19.3. The first kappa shape index (κ1) is 52.8. The van der Waals surface area contributed by atoms with E-state index in [0.717, 1.165) is 52.3 Å². The van der Waals surface area contributed by atoms with Crippen molar-refractivity contribution in [3.63, 3.8) is 0 Å². The normalized spacial score (nSPS) is 19.2. The lowest BCUT2D eigenvalue weighted by atomic mass is 9.86. The zero-order valence-electron chi connectivity index (χ0n) is 39.3. The van der Waals surface area contributed by atoms with Crippen LogP contribution in [-0.2, 0) is 14.3 Å². The predicted octanol–water partition coefficient (Wildman–Crippen LogP) is 5.92. The molecule has 7 heterocycles. The Morgan fingerprint density at radius 2 is 1.27 bits per heavy atom. The predicted molar refractivity (Wildman–Crippen MR) is 251 cm³/mol. The van der Waals surface area contributed by atoms with Crippen LogP contribution in [0.5, 0.6) is 0 Å². The van der Waals surface area contributed by atoms with Gasteiger partial charge in [-0.1, -0.05) is 0 Å². The van der Waals surface area contributed by atoms with E-state index in [4.69, 9.17) is 26.0 Å². The number of carbonyl (C=O) groups excluding carboxylic acids is 3. The van der Waals surface area contributed by atoms with Gasteiger partial charge in [-0.15, -0.1) is 0 Å². The average molecular weight is 984 g/mol. The first-order valence-electron chi connectivity index (χ1n) is 23.2. The van der Waals surface area contributed by atoms with E-state index in [9.17, 15) is 31.9 Å². The van der Waals surface area contributed by atoms with Crippen molar-refractivity contribution in [3.05, 3.63) is 71.8 Å². The zero-order valence-corrected chi connectivity index (χ0v) is 39.3. The van der Waals surface area contributed by atoms with Gasteiger partial charge in [0.05, 0.1) is 49.1 Å². The van der Waals surface area contributed by atoms with Gasteiger partial charge in [0.2, 0.25) is 0 Å². The number of halogens is 4. The third-order valence-electron chi connectivity index (χ3n) is 12.2. The van der Waals surface area contributed by atoms with E-state index in [1.54, 1.807) is 18.5 Å². The van der Waals surface area contributed by atoms with Crippen molar-refractivity contribution in [2.75, 3.05) is 74.4 Å². The lowest BCUT2D eigenvalue weighted by Gasteiger charge is -2.27. The van der Waals surface area contributed by atoms with Gasteiger partial charge in [0.1, 0.15) is 29.0 Å². The monoisotopic (exact) mass is 983 g/mol. The number of amides is 2. The molecule has 0 atom stereocenters. The molecule has 25 heteroatoms. The lowest BCUT2D eigenvalue weighted by molar-refractivity contribution is -0.112. The molecule has 1 saturated heterocycles. The number of alkyl halides is 4. The van der Waals surface area contributed by atoms with E-state index in [1.165, 1.54) is 43.2 Å². The third-order valence-corrected chi connectivity index (χ3v) is 12.2. The van der Waals surface area contributed by atoms with Crippen LogP contribution in [0.4, 0.5) is 40.6 Å². The fourth-order valence-corrected chi connectivity index (χ4v) is 8.46. The molecule has 2 amide bonds. The van der Waals surface area contributed by atoms with Crippen molar-refractivity contribution >= 4 is 52.4 Å². The van der Waals surface area contributed by atoms with E-state index in [2.05, 4.69) is 45.9 Å². The van der Waals surface area contributed by atoms with Gasteiger partial charge >= 0.3 is 0 Å². The average Bonchev–Trinajstić information content (AvgIpc) is 4.21. The number of morpholine rings is 1. The molecule has 21 nitrogen and oxygen atoms in total. The summed E-state index contributed by atoms with van der Waals surface area (Å²) >= 11 is 0. The van der Waals surface area contributed by atoms with Crippen LogP contribution in [-0.4, -0.2) is 125 Å². The second kappa shape index (κ2) is 25.3. The van der Waals surface area contributed by atoms with Gasteiger partial charge < -0.3 is 46.4 Å². The van der Waals surface area contributed by atoms with Crippen LogP contribution in [0.1, 0.15) is 122 Å². The topological polar surface area (TPSA) is 265 Å². The quantitative estimate of drug-likeness (QED) is 0.0664. The highest BCUT2D eigenvalue weighted by molar-refractivity contribution is 6.09. The summed E-state index contributed by atoms with van der Waals surface area (Å²) in [6, 6.07) is 3.28. The third kappa shape index (κ3) is 13.0. The molecule has 70 heavy (non-hydrogen) atoms. The summed E-state index contributed by atoms with van der Waals surface area (Å²) in [5, 5.41) is 28.4. The molecular formula is C45H61F4N15O6. The van der Waals surface area contributed by atoms with Crippen molar-refractivity contribution in [2.45, 2.75) is 90.1 Å². The molecule has 0 spiro atoms. The number of aldehydes is 1. The van der Waals surface area contributed by atoms with E-state index in [0.29, 0.717) is 75.9 Å². The van der Waals surface area contributed by atoms with Gasteiger partial charge in [-0.05, 0) is 89.8 Å². The Bertz CT molecular complexity index is 2610. The number of aliphatic hydroxyl groups is 1. The number of hydrogen-bond donors (Lipinski definition) is 5. The highest BCUT2D eigenvalue weighted by Crippen LogP contribution is 2.36. The molecule has 6 aromatic rings. The van der Waals surface area contributed by atoms with Gasteiger partial charge in [0, 0.05) is 64.1 Å². The molecule has 1 aliphatic heterocycles. The summed E-state index contributed by atoms with van der Waals surface area (Å²) < 4.78 is 70.6. The fraction of sp³-hybridized carbons (Fsp3) is 0.533. The molecule has 0 bridgehead atoms. The molecule has 6 aromatic heterocycles. The molecule has 2 aliphatic carbocycles. The number of carbonyl (C=O) groups is 3. The Labute approximate surface area is 400 Å². The van der Waals surface area contributed by atoms with Crippen LogP contribution < -0.4 is 27.0 Å². The summed E-state index contributed by atoms with van der Waals surface area (Å²) in [5.41, 5.74) is 11.3. The Kier molecular flexibility index (Phi) is 19.1. The van der Waals surface area contributed by atoms with Gasteiger partial charge in [-0.2, -0.15) is 20.4 Å². The number of anilines is 4. The minimum atomic E-state index is -2.85. The summed E-state index contributed by atoms with van der Waals surface area (Å²) in [6.07, 6.45) is 10.4. The van der Waals surface area contributed by atoms with Gasteiger partial charge in [0.15, 0.2) is 22.7 Å². The van der Waals surface area contributed by atoms with Gasteiger partial charge in [-0.25, -0.2) is 36.6 Å². The summed E-state index contributed by atoms with van der Waals surface area (Å²) in [4.78, 5) is 47.5. The minimum absolute atomic E-state index is 0.00558. The van der Waals surface area contributed by atoms with Crippen LogP contribution in [0.25, 0.3) is 11.3 Å². The molecule has 3 fully saturated rings. The number of nitrogens with two attached hydrogens (primary N) is 2. The van der Waals surface area contributed by atoms with Crippen molar-refractivity contribution in [3.8, 4) is 0 Å². The molecule has 0 unspecified atom stereocenters. The number of aliphatic hydroxyl groups excluding tert-OH is 1. The van der Waals surface area contributed by atoms with Gasteiger partial charge in [-0.3, -0.25) is 19.0 Å². The number of fused-ring (bicyclic) bond motifs is 2. The Balaban J connectivity index is 0.000000205. The molecule has 2 saturated carbocycles. The second-order valence-electron chi connectivity index (χ2n) is 16.6. The SMILES string of the molecule is CCOCC.CO.NCC1CCC(n2cc(NC(=O)c3cnn4ccc(N)nc34)c(C(F)F)n2)CC1.O=CC1CCC(n2cc(NC(=O)c3cnn4ccc(N5CCOCC5)nc34)c(C(F)F)n2)CC1. The highest BCUT2D eigenvalue weighted by Gasteiger charge is 2.29. The Hall–Kier alpha value is -6.57. The second-order valence-corrected chi connectivity index (χ2v) is 16.6. The van der Waals surface area contributed by atoms with Crippen LogP contribution in [0.2, 0.25) is 0 Å². The smallest absolute Gasteiger partial charge is 0.284 e. The maximum Gasteiger partial charge on any atom is 0.284 e. The van der Waals surface area contributed by atoms with E-state index in [1.807, 2.05) is 19.9 Å². The molecular weight excluding hydrogens is 923 g/mol. The van der Waals surface area contributed by atoms with E-state index >= 15 is 0 Å². The number of hydrogen-bond acceptors (Lipinski definition) is 15. The lowest BCUT2D eigenvalue weighted by Crippen LogP contribution is -2.36. The zero-order chi connectivity index (χ0) is 50.3. The minimum Gasteiger partial charge on any atom is -0.400 e. The molecule has 9 rings (SSSR count). The van der Waals surface area contributed by atoms with Crippen LogP contribution in [0.3, 0.4) is 0 Å². The molecule has 0 aromatic carbocycles. The first-order chi connectivity index (χ1) is 33.9. The Morgan fingerprint density at radius 1 is 0.786 bits per heavy atom. The standard InChI is InChI=1S/C22H25F2N7O3.C18H22F2N8O.C4H10O.CH4O/c23-20(24)19-17(12-31(28-19)15-3-1-14(13-32)2-4-15)26-22(33)16-11-25-30-6-5-18(27-21(16)30)29-7-9-34-10-8-29;19-16(20)15-13(9-28(26-15)11-3-1-10(7-21)2-4-11)24-18(29)12-8-23-27-6-5-14(22)25-17(12)27;1-3-5-4-2;1-2/h5-6,11-15,20H,1-4,7-10H2,(H,26,33);5-6,8-11,16H,1-4,7,21H2,(H2,22,25)(H,24,29);3-4H2,1-2H3;2H,1H3. The number of ether oxygens (including phenoxy) is 2. The maximum absolute atomic E-state index is 13.7. The molecule has 3 aliphatic rings. The molecule has 380 valence electrons. The largest absolute Gasteiger partial charge is 0.400 e. The van der Waals surface area contributed by atoms with E-state index in [-0.39, 0.29) is 52.0 Å². The summed E-state index contributed by atoms with van der Waals surface area (Å²) in [5.74, 6) is 0.190. The first-order valence-corrected chi connectivity index (χ1v) is 23.2. The van der Waals surface area contributed by atoms with Crippen molar-refractivity contribution in [1.82, 2.24) is 48.8 Å². The molecule has 0 radical (unpaired) electrons. The number of nitrogen functional groups attached to an aromatic ring is 1. The number of nitrogens with one attached hydrogen (secondary N) is 2. The maximum atomic E-state index is 13.7. The summed E-state index contributed by atoms with van der Waals surface area (Å²) in [7, 11) is 1.00. The van der Waals surface area contributed by atoms with Crippen LogP contribution in [0.15, 0.2) is 49.3 Å².